The van der Waals surface area contributed by atoms with Crippen molar-refractivity contribution in [2.45, 2.75) is 24.3 Å². The smallest absolute Gasteiger partial charge is 0.241 e. The Hall–Kier alpha value is -2.17. The summed E-state index contributed by atoms with van der Waals surface area (Å²) in [4.78, 5) is 14.3. The van der Waals surface area contributed by atoms with Gasteiger partial charge >= 0.3 is 0 Å². The molecule has 3 rings (SSSR count). The van der Waals surface area contributed by atoms with E-state index in [1.54, 1.807) is 0 Å². The molecule has 1 atom stereocenters. The summed E-state index contributed by atoms with van der Waals surface area (Å²) in [6, 6.07) is 19.9. The average molecular weight is 324 g/mol. The monoisotopic (exact) mass is 324 g/mol. The second kappa shape index (κ2) is 7.16. The summed E-state index contributed by atoms with van der Waals surface area (Å²) in [6.07, 6.45) is 1.90. The number of amides is 1. The Morgan fingerprint density at radius 2 is 1.62 bits per heavy atom. The van der Waals surface area contributed by atoms with Gasteiger partial charge in [0.1, 0.15) is 6.04 Å². The second-order valence-electron chi connectivity index (χ2n) is 6.47. The molecule has 1 amide bonds. The Morgan fingerprint density at radius 1 is 1.08 bits per heavy atom. The second-order valence-corrected chi connectivity index (χ2v) is 6.47. The third-order valence-electron chi connectivity index (χ3n) is 4.97. The Bertz CT molecular complexity index is 633. The van der Waals surface area contributed by atoms with Gasteiger partial charge in [-0.25, -0.2) is 0 Å². The predicted octanol–water partition coefficient (Wildman–Crippen LogP) is 1.91. The van der Waals surface area contributed by atoms with E-state index >= 15 is 0 Å². The number of likely N-dealkylation sites (tertiary alicyclic amines) is 1. The predicted molar refractivity (Wildman–Crippen MR) is 94.5 cm³/mol. The highest BCUT2D eigenvalue weighted by atomic mass is 16.3. The number of nitrogens with two attached hydrogens (primary N) is 1. The van der Waals surface area contributed by atoms with Crippen molar-refractivity contribution in [2.24, 2.45) is 5.73 Å². The van der Waals surface area contributed by atoms with Gasteiger partial charge in [0.05, 0.1) is 6.61 Å². The van der Waals surface area contributed by atoms with E-state index in [1.165, 1.54) is 11.1 Å². The highest BCUT2D eigenvalue weighted by Crippen LogP contribution is 2.40. The third-order valence-corrected chi connectivity index (χ3v) is 4.97. The first-order valence-corrected chi connectivity index (χ1v) is 8.44. The zero-order chi connectivity index (χ0) is 17.0. The van der Waals surface area contributed by atoms with E-state index in [9.17, 15) is 9.90 Å². The molecule has 0 bridgehead atoms. The fourth-order valence-electron chi connectivity index (χ4n) is 3.71. The van der Waals surface area contributed by atoms with Crippen molar-refractivity contribution >= 4 is 5.91 Å². The normalized spacial score (nSPS) is 18.2. The van der Waals surface area contributed by atoms with E-state index in [0.29, 0.717) is 13.1 Å². The molecule has 0 unspecified atom stereocenters. The van der Waals surface area contributed by atoms with Crippen molar-refractivity contribution in [2.75, 3.05) is 19.7 Å². The van der Waals surface area contributed by atoms with Crippen LogP contribution in [0.15, 0.2) is 60.7 Å². The number of nitrogens with zero attached hydrogens (tertiary/aromatic N) is 1. The highest BCUT2D eigenvalue weighted by Gasteiger charge is 2.40. The minimum atomic E-state index is -0.840. The fraction of sp³-hybridized carbons (Fsp3) is 0.350. The van der Waals surface area contributed by atoms with Gasteiger partial charge in [0.25, 0.3) is 0 Å². The molecule has 0 radical (unpaired) electrons. The molecular weight excluding hydrogens is 300 g/mol. The molecule has 3 N–H and O–H groups in total. The first kappa shape index (κ1) is 16.7. The summed E-state index contributed by atoms with van der Waals surface area (Å²) in [6.45, 7) is 0.959. The first-order chi connectivity index (χ1) is 11.7. The van der Waals surface area contributed by atoms with Gasteiger partial charge in [-0.3, -0.25) is 4.79 Å². The number of carbonyl (C=O) groups excluding carboxylic acids is 1. The van der Waals surface area contributed by atoms with Crippen LogP contribution in [-0.4, -0.2) is 41.7 Å². The van der Waals surface area contributed by atoms with E-state index in [4.69, 9.17) is 5.73 Å². The molecule has 1 aliphatic heterocycles. The summed E-state index contributed by atoms with van der Waals surface area (Å²) in [7, 11) is 0. The van der Waals surface area contributed by atoms with Crippen molar-refractivity contribution in [1.29, 1.82) is 0 Å². The minimum Gasteiger partial charge on any atom is -0.394 e. The molecule has 0 aliphatic carbocycles. The maximum absolute atomic E-state index is 12.5. The molecule has 2 aromatic rings. The molecule has 1 heterocycles. The zero-order valence-electron chi connectivity index (χ0n) is 13.8. The van der Waals surface area contributed by atoms with E-state index < -0.39 is 6.04 Å². The Labute approximate surface area is 142 Å². The van der Waals surface area contributed by atoms with E-state index in [0.717, 1.165) is 12.8 Å². The molecule has 0 saturated carbocycles. The van der Waals surface area contributed by atoms with Crippen molar-refractivity contribution in [3.63, 3.8) is 0 Å². The standard InChI is InChI=1S/C20H24N2O2/c21-18(14-23)19(24)22-13-7-12-20(15-22,16-8-3-1-4-9-16)17-10-5-2-6-11-17/h1-6,8-11,18,23H,7,12-15,21H2/t18-/m0/s1. The molecule has 2 aromatic carbocycles. The van der Waals surface area contributed by atoms with Gasteiger partial charge in [-0.05, 0) is 24.0 Å². The summed E-state index contributed by atoms with van der Waals surface area (Å²) in [5, 5.41) is 9.23. The first-order valence-electron chi connectivity index (χ1n) is 8.44. The third kappa shape index (κ3) is 3.07. The van der Waals surface area contributed by atoms with Crippen molar-refractivity contribution in [3.8, 4) is 0 Å². The quantitative estimate of drug-likeness (QED) is 0.903. The number of aliphatic hydroxyl groups is 1. The number of hydrogen-bond acceptors (Lipinski definition) is 3. The Balaban J connectivity index is 2.01. The topological polar surface area (TPSA) is 66.6 Å². The maximum atomic E-state index is 12.5. The van der Waals surface area contributed by atoms with E-state index in [2.05, 4.69) is 24.3 Å². The molecule has 0 aromatic heterocycles. The van der Waals surface area contributed by atoms with Crippen molar-refractivity contribution < 1.29 is 9.90 Å². The van der Waals surface area contributed by atoms with Crippen LogP contribution in [0, 0.1) is 0 Å². The van der Waals surface area contributed by atoms with Crippen LogP contribution in [0.25, 0.3) is 0 Å². The van der Waals surface area contributed by atoms with Gasteiger partial charge in [0, 0.05) is 18.5 Å². The summed E-state index contributed by atoms with van der Waals surface area (Å²) < 4.78 is 0. The maximum Gasteiger partial charge on any atom is 0.241 e. The van der Waals surface area contributed by atoms with Crippen LogP contribution >= 0.6 is 0 Å². The van der Waals surface area contributed by atoms with Crippen molar-refractivity contribution in [3.05, 3.63) is 71.8 Å². The Kier molecular flexibility index (Phi) is 4.97. The lowest BCUT2D eigenvalue weighted by molar-refractivity contribution is -0.135. The highest BCUT2D eigenvalue weighted by molar-refractivity contribution is 5.82. The van der Waals surface area contributed by atoms with Gasteiger partial charge in [-0.2, -0.15) is 0 Å². The minimum absolute atomic E-state index is 0.173. The number of rotatable bonds is 4. The van der Waals surface area contributed by atoms with Crippen LogP contribution in [-0.2, 0) is 10.2 Å². The zero-order valence-corrected chi connectivity index (χ0v) is 13.8. The van der Waals surface area contributed by atoms with E-state index in [1.807, 2.05) is 41.3 Å². The van der Waals surface area contributed by atoms with Gasteiger partial charge in [0.2, 0.25) is 5.91 Å². The van der Waals surface area contributed by atoms with E-state index in [-0.39, 0.29) is 17.9 Å². The molecule has 1 fully saturated rings. The summed E-state index contributed by atoms with van der Waals surface area (Å²) in [5.41, 5.74) is 7.97. The fourth-order valence-corrected chi connectivity index (χ4v) is 3.71. The molecule has 4 nitrogen and oxygen atoms in total. The lowest BCUT2D eigenvalue weighted by atomic mass is 9.69. The van der Waals surface area contributed by atoms with Crippen LogP contribution in [0.1, 0.15) is 24.0 Å². The molecular formula is C20H24N2O2. The molecule has 0 spiro atoms. The SMILES string of the molecule is N[C@@H](CO)C(=O)N1CCCC(c2ccccc2)(c2ccccc2)C1. The largest absolute Gasteiger partial charge is 0.394 e. The number of aliphatic hydroxyl groups excluding tert-OH is 1. The average Bonchev–Trinajstić information content (AvgIpc) is 2.68. The number of carbonyl (C=O) groups is 1. The van der Waals surface area contributed by atoms with Gasteiger partial charge in [-0.1, -0.05) is 60.7 Å². The number of benzene rings is 2. The lowest BCUT2D eigenvalue weighted by Gasteiger charge is -2.44. The van der Waals surface area contributed by atoms with Gasteiger partial charge in [-0.15, -0.1) is 0 Å². The van der Waals surface area contributed by atoms with Crippen LogP contribution < -0.4 is 5.73 Å². The van der Waals surface area contributed by atoms with Crippen LogP contribution in [0.4, 0.5) is 0 Å². The van der Waals surface area contributed by atoms with Crippen LogP contribution in [0.2, 0.25) is 0 Å². The lowest BCUT2D eigenvalue weighted by Crippen LogP contribution is -2.54. The molecule has 1 aliphatic rings. The number of hydrogen-bond donors (Lipinski definition) is 2. The molecule has 1 saturated heterocycles. The van der Waals surface area contributed by atoms with Gasteiger partial charge < -0.3 is 15.7 Å². The molecule has 126 valence electrons. The van der Waals surface area contributed by atoms with Crippen LogP contribution in [0.5, 0.6) is 0 Å². The Morgan fingerprint density at radius 3 is 2.12 bits per heavy atom. The number of piperidine rings is 1. The molecule has 4 heteroatoms. The van der Waals surface area contributed by atoms with Crippen molar-refractivity contribution in [1.82, 2.24) is 4.90 Å². The summed E-state index contributed by atoms with van der Waals surface area (Å²) >= 11 is 0. The molecule has 24 heavy (non-hydrogen) atoms. The van der Waals surface area contributed by atoms with Crippen LogP contribution in [0.3, 0.4) is 0 Å². The van der Waals surface area contributed by atoms with Gasteiger partial charge in [0.15, 0.2) is 0 Å². The summed E-state index contributed by atoms with van der Waals surface area (Å²) in [5.74, 6) is -0.173.